The molecule has 4 heteroatoms. The van der Waals surface area contributed by atoms with E-state index in [0.29, 0.717) is 6.54 Å². The Bertz CT molecular complexity index is 203. The maximum atomic E-state index is 5.34. The summed E-state index contributed by atoms with van der Waals surface area (Å²) in [5.74, 6) is 0. The Labute approximate surface area is 78.7 Å². The SMILES string of the molecule is Br.NCc1cc(Br)ccn1. The zero-order chi connectivity index (χ0) is 6.69. The minimum absolute atomic E-state index is 0. The van der Waals surface area contributed by atoms with Crippen molar-refractivity contribution in [3.05, 3.63) is 28.5 Å². The fraction of sp³-hybridized carbons (Fsp3) is 0.167. The van der Waals surface area contributed by atoms with Crippen LogP contribution in [0.4, 0.5) is 0 Å². The monoisotopic (exact) mass is 266 g/mol. The summed E-state index contributed by atoms with van der Waals surface area (Å²) >= 11 is 3.31. The first kappa shape index (κ1) is 10.1. The molecule has 10 heavy (non-hydrogen) atoms. The minimum Gasteiger partial charge on any atom is -0.325 e. The third kappa shape index (κ3) is 2.77. The van der Waals surface area contributed by atoms with Gasteiger partial charge >= 0.3 is 0 Å². The van der Waals surface area contributed by atoms with Gasteiger partial charge in [0.1, 0.15) is 0 Å². The molecule has 1 heterocycles. The maximum Gasteiger partial charge on any atom is 0.0550 e. The Morgan fingerprint density at radius 3 is 2.70 bits per heavy atom. The van der Waals surface area contributed by atoms with Gasteiger partial charge in [-0.3, -0.25) is 4.98 Å². The molecule has 0 amide bonds. The topological polar surface area (TPSA) is 38.9 Å². The first-order valence-electron chi connectivity index (χ1n) is 2.63. The molecule has 0 aliphatic heterocycles. The molecular weight excluding hydrogens is 260 g/mol. The second kappa shape index (κ2) is 4.82. The first-order chi connectivity index (χ1) is 4.33. The standard InChI is InChI=1S/C6H7BrN2.BrH/c7-5-1-2-9-6(3-5)4-8;/h1-3H,4,8H2;1H. The van der Waals surface area contributed by atoms with Crippen LogP contribution in [0.1, 0.15) is 5.69 Å². The number of nitrogens with zero attached hydrogens (tertiary/aromatic N) is 1. The van der Waals surface area contributed by atoms with Gasteiger partial charge in [-0.05, 0) is 12.1 Å². The molecule has 0 fully saturated rings. The minimum atomic E-state index is 0. The van der Waals surface area contributed by atoms with Gasteiger partial charge in [0.2, 0.25) is 0 Å². The van der Waals surface area contributed by atoms with Gasteiger partial charge in [0.05, 0.1) is 5.69 Å². The lowest BCUT2D eigenvalue weighted by Gasteiger charge is -1.93. The third-order valence-electron chi connectivity index (χ3n) is 0.988. The van der Waals surface area contributed by atoms with E-state index in [4.69, 9.17) is 5.73 Å². The van der Waals surface area contributed by atoms with E-state index in [1.54, 1.807) is 6.20 Å². The van der Waals surface area contributed by atoms with Crippen LogP contribution in [0, 0.1) is 0 Å². The highest BCUT2D eigenvalue weighted by Gasteiger charge is 1.88. The Hall–Kier alpha value is 0.0700. The third-order valence-corrected chi connectivity index (χ3v) is 1.48. The number of halogens is 2. The van der Waals surface area contributed by atoms with Crippen LogP contribution in [-0.4, -0.2) is 4.98 Å². The average molecular weight is 268 g/mol. The normalized spacial score (nSPS) is 8.60. The Balaban J connectivity index is 0.000000810. The van der Waals surface area contributed by atoms with E-state index in [-0.39, 0.29) is 17.0 Å². The molecular formula is C6H8Br2N2. The summed E-state index contributed by atoms with van der Waals surface area (Å²) in [7, 11) is 0. The molecule has 0 aliphatic carbocycles. The van der Waals surface area contributed by atoms with Crippen LogP contribution in [-0.2, 0) is 6.54 Å². The Kier molecular flexibility index (Phi) is 4.85. The Morgan fingerprint density at radius 1 is 1.60 bits per heavy atom. The van der Waals surface area contributed by atoms with Crippen LogP contribution in [0.25, 0.3) is 0 Å². The zero-order valence-corrected chi connectivity index (χ0v) is 8.55. The highest BCUT2D eigenvalue weighted by Crippen LogP contribution is 2.07. The van der Waals surface area contributed by atoms with Gasteiger partial charge in [0.15, 0.2) is 0 Å². The summed E-state index contributed by atoms with van der Waals surface area (Å²) in [6, 6.07) is 3.78. The summed E-state index contributed by atoms with van der Waals surface area (Å²) in [5, 5.41) is 0. The Morgan fingerprint density at radius 2 is 2.30 bits per heavy atom. The number of nitrogens with two attached hydrogens (primary N) is 1. The number of hydrogen-bond acceptors (Lipinski definition) is 2. The van der Waals surface area contributed by atoms with E-state index in [1.165, 1.54) is 0 Å². The summed E-state index contributed by atoms with van der Waals surface area (Å²) in [6.45, 7) is 0.499. The van der Waals surface area contributed by atoms with Crippen molar-refractivity contribution in [3.63, 3.8) is 0 Å². The quantitative estimate of drug-likeness (QED) is 0.844. The second-order valence-electron chi connectivity index (χ2n) is 1.67. The van der Waals surface area contributed by atoms with Gasteiger partial charge in [-0.25, -0.2) is 0 Å². The number of hydrogen-bond donors (Lipinski definition) is 1. The highest BCUT2D eigenvalue weighted by molar-refractivity contribution is 9.10. The molecule has 56 valence electrons. The van der Waals surface area contributed by atoms with E-state index in [0.717, 1.165) is 10.2 Å². The molecule has 0 radical (unpaired) electrons. The van der Waals surface area contributed by atoms with E-state index in [1.807, 2.05) is 12.1 Å². The second-order valence-corrected chi connectivity index (χ2v) is 2.59. The molecule has 2 N–H and O–H groups in total. The molecule has 0 bridgehead atoms. The predicted octanol–water partition coefficient (Wildman–Crippen LogP) is 1.88. The first-order valence-corrected chi connectivity index (χ1v) is 3.42. The van der Waals surface area contributed by atoms with Crippen molar-refractivity contribution in [2.24, 2.45) is 5.73 Å². The fourth-order valence-corrected chi connectivity index (χ4v) is 0.943. The van der Waals surface area contributed by atoms with Crippen molar-refractivity contribution < 1.29 is 0 Å². The van der Waals surface area contributed by atoms with E-state index >= 15 is 0 Å². The van der Waals surface area contributed by atoms with Crippen molar-refractivity contribution >= 4 is 32.9 Å². The molecule has 0 saturated carbocycles. The van der Waals surface area contributed by atoms with Crippen molar-refractivity contribution in [1.29, 1.82) is 0 Å². The van der Waals surface area contributed by atoms with Gasteiger partial charge in [0.25, 0.3) is 0 Å². The van der Waals surface area contributed by atoms with Gasteiger partial charge < -0.3 is 5.73 Å². The van der Waals surface area contributed by atoms with Crippen molar-refractivity contribution in [1.82, 2.24) is 4.98 Å². The molecule has 0 saturated heterocycles. The van der Waals surface area contributed by atoms with Crippen LogP contribution >= 0.6 is 32.9 Å². The van der Waals surface area contributed by atoms with Crippen LogP contribution in [0.2, 0.25) is 0 Å². The van der Waals surface area contributed by atoms with Gasteiger partial charge in [-0.1, -0.05) is 15.9 Å². The lowest BCUT2D eigenvalue weighted by molar-refractivity contribution is 0.987. The lowest BCUT2D eigenvalue weighted by Crippen LogP contribution is -1.97. The maximum absolute atomic E-state index is 5.34. The van der Waals surface area contributed by atoms with Crippen LogP contribution < -0.4 is 5.73 Å². The van der Waals surface area contributed by atoms with Crippen LogP contribution in [0.3, 0.4) is 0 Å². The van der Waals surface area contributed by atoms with Gasteiger partial charge in [0, 0.05) is 17.2 Å². The highest BCUT2D eigenvalue weighted by atomic mass is 79.9. The molecule has 1 aromatic rings. The fourth-order valence-electron chi connectivity index (χ4n) is 0.560. The van der Waals surface area contributed by atoms with Crippen LogP contribution in [0.15, 0.2) is 22.8 Å². The van der Waals surface area contributed by atoms with E-state index in [9.17, 15) is 0 Å². The van der Waals surface area contributed by atoms with Gasteiger partial charge in [-0.2, -0.15) is 0 Å². The smallest absolute Gasteiger partial charge is 0.0550 e. The number of aromatic nitrogens is 1. The van der Waals surface area contributed by atoms with E-state index in [2.05, 4.69) is 20.9 Å². The summed E-state index contributed by atoms with van der Waals surface area (Å²) in [5.41, 5.74) is 6.24. The number of rotatable bonds is 1. The molecule has 1 rings (SSSR count). The molecule has 0 aromatic carbocycles. The zero-order valence-electron chi connectivity index (χ0n) is 5.25. The molecule has 1 aromatic heterocycles. The number of pyridine rings is 1. The molecule has 0 spiro atoms. The van der Waals surface area contributed by atoms with Crippen molar-refractivity contribution in [2.45, 2.75) is 6.54 Å². The molecule has 2 nitrogen and oxygen atoms in total. The molecule has 0 aliphatic rings. The van der Waals surface area contributed by atoms with Crippen molar-refractivity contribution in [2.75, 3.05) is 0 Å². The summed E-state index contributed by atoms with van der Waals surface area (Å²) in [6.07, 6.45) is 1.73. The molecule has 0 unspecified atom stereocenters. The predicted molar refractivity (Wildman–Crippen MR) is 50.2 cm³/mol. The largest absolute Gasteiger partial charge is 0.325 e. The van der Waals surface area contributed by atoms with Crippen LogP contribution in [0.5, 0.6) is 0 Å². The average Bonchev–Trinajstić information content (AvgIpc) is 1.88. The van der Waals surface area contributed by atoms with E-state index < -0.39 is 0 Å². The lowest BCUT2D eigenvalue weighted by atomic mass is 10.4. The van der Waals surface area contributed by atoms with Gasteiger partial charge in [-0.15, -0.1) is 17.0 Å². The summed E-state index contributed by atoms with van der Waals surface area (Å²) in [4.78, 5) is 4.00. The summed E-state index contributed by atoms with van der Waals surface area (Å²) < 4.78 is 1.03. The van der Waals surface area contributed by atoms with Crippen molar-refractivity contribution in [3.8, 4) is 0 Å². The molecule has 0 atom stereocenters.